The smallest absolute Gasteiger partial charge is 0.323 e. The van der Waals surface area contributed by atoms with Crippen LogP contribution in [0, 0.1) is 5.82 Å². The number of nitrogens with one attached hydrogen (secondary N) is 2. The molecule has 26 heavy (non-hydrogen) atoms. The van der Waals surface area contributed by atoms with E-state index < -0.39 is 17.9 Å². The average molecular weight is 356 g/mol. The molecule has 6 nitrogen and oxygen atoms in total. The summed E-state index contributed by atoms with van der Waals surface area (Å²) in [6, 6.07) is 10.5. The Bertz CT molecular complexity index is 838. The summed E-state index contributed by atoms with van der Waals surface area (Å²) in [5.74, 6) is -0.589. The lowest BCUT2D eigenvalue weighted by atomic mass is 9.97. The van der Waals surface area contributed by atoms with Crippen molar-refractivity contribution in [1.29, 1.82) is 0 Å². The van der Waals surface area contributed by atoms with Crippen LogP contribution in [0.1, 0.15) is 18.1 Å². The molecule has 0 unspecified atom stereocenters. The van der Waals surface area contributed by atoms with Gasteiger partial charge in [-0.3, -0.25) is 4.79 Å². The van der Waals surface area contributed by atoms with Crippen LogP contribution in [-0.4, -0.2) is 29.4 Å². The van der Waals surface area contributed by atoms with E-state index in [1.807, 2.05) is 12.1 Å². The van der Waals surface area contributed by atoms with Gasteiger partial charge in [0, 0.05) is 18.8 Å². The van der Waals surface area contributed by atoms with Crippen molar-refractivity contribution in [2.24, 2.45) is 5.73 Å². The number of para-hydroxylation sites is 1. The Labute approximate surface area is 151 Å². The molecule has 0 spiro atoms. The topological polar surface area (TPSA) is 87.5 Å². The van der Waals surface area contributed by atoms with Crippen molar-refractivity contribution in [3.05, 3.63) is 59.4 Å². The molecule has 0 radical (unpaired) electrons. The summed E-state index contributed by atoms with van der Waals surface area (Å²) < 4.78 is 13.7. The molecule has 3 rings (SSSR count). The maximum absolute atomic E-state index is 13.7. The molecule has 0 bridgehead atoms. The van der Waals surface area contributed by atoms with E-state index in [2.05, 4.69) is 10.6 Å². The monoisotopic (exact) mass is 356 g/mol. The number of rotatable bonds is 3. The SMILES string of the molecule is C[C@@H](N)C(=O)N1CCc2c(cccc2NC(=O)Nc2ccccc2F)C1. The standard InChI is InChI=1S/C19H21FN4O2/c1-12(21)18(25)24-10-9-14-13(11-24)5-4-8-16(14)22-19(26)23-17-7-3-2-6-15(17)20/h2-8,12H,9-11,21H2,1H3,(H2,22,23,26)/t12-/m1/s1. The van der Waals surface area contributed by atoms with Crippen molar-refractivity contribution in [2.75, 3.05) is 17.2 Å². The summed E-state index contributed by atoms with van der Waals surface area (Å²) in [5.41, 5.74) is 8.40. The molecule has 3 amide bonds. The quantitative estimate of drug-likeness (QED) is 0.790. The van der Waals surface area contributed by atoms with Gasteiger partial charge in [0.15, 0.2) is 0 Å². The number of nitrogens with two attached hydrogens (primary N) is 1. The Hall–Kier alpha value is -2.93. The Morgan fingerprint density at radius 2 is 1.81 bits per heavy atom. The van der Waals surface area contributed by atoms with Crippen LogP contribution in [0.4, 0.5) is 20.6 Å². The number of urea groups is 1. The molecule has 0 aromatic heterocycles. The lowest BCUT2D eigenvalue weighted by Crippen LogP contribution is -2.44. The zero-order valence-corrected chi connectivity index (χ0v) is 14.5. The summed E-state index contributed by atoms with van der Waals surface area (Å²) in [7, 11) is 0. The largest absolute Gasteiger partial charge is 0.337 e. The second-order valence-corrected chi connectivity index (χ2v) is 6.30. The van der Waals surface area contributed by atoms with Crippen LogP contribution in [0.15, 0.2) is 42.5 Å². The molecule has 0 aliphatic carbocycles. The van der Waals surface area contributed by atoms with Crippen LogP contribution in [-0.2, 0) is 17.8 Å². The van der Waals surface area contributed by atoms with Gasteiger partial charge in [0.25, 0.3) is 0 Å². The van der Waals surface area contributed by atoms with Gasteiger partial charge in [0.1, 0.15) is 5.82 Å². The first-order valence-corrected chi connectivity index (χ1v) is 8.43. The molecule has 1 heterocycles. The average Bonchev–Trinajstić information content (AvgIpc) is 2.62. The number of halogens is 1. The molecule has 0 saturated carbocycles. The first kappa shape index (κ1) is 17.9. The number of nitrogens with zero attached hydrogens (tertiary/aromatic N) is 1. The first-order chi connectivity index (χ1) is 12.5. The molecule has 1 aliphatic heterocycles. The fraction of sp³-hybridized carbons (Fsp3) is 0.263. The number of carbonyl (C=O) groups is 2. The molecular formula is C19H21FN4O2. The van der Waals surface area contributed by atoms with E-state index >= 15 is 0 Å². The lowest BCUT2D eigenvalue weighted by Gasteiger charge is -2.31. The highest BCUT2D eigenvalue weighted by atomic mass is 19.1. The van der Waals surface area contributed by atoms with Crippen LogP contribution >= 0.6 is 0 Å². The van der Waals surface area contributed by atoms with Gasteiger partial charge in [-0.15, -0.1) is 0 Å². The van der Waals surface area contributed by atoms with Crippen LogP contribution in [0.3, 0.4) is 0 Å². The van der Waals surface area contributed by atoms with Crippen LogP contribution < -0.4 is 16.4 Å². The van der Waals surface area contributed by atoms with E-state index in [0.717, 1.165) is 11.1 Å². The van der Waals surface area contributed by atoms with E-state index in [9.17, 15) is 14.0 Å². The summed E-state index contributed by atoms with van der Waals surface area (Å²) in [6.07, 6.45) is 0.615. The third kappa shape index (κ3) is 3.83. The Balaban J connectivity index is 1.73. The van der Waals surface area contributed by atoms with Gasteiger partial charge in [0.2, 0.25) is 5.91 Å². The van der Waals surface area contributed by atoms with Gasteiger partial charge in [-0.05, 0) is 42.7 Å². The van der Waals surface area contributed by atoms with Gasteiger partial charge in [-0.25, -0.2) is 9.18 Å². The molecule has 1 atom stereocenters. The van der Waals surface area contributed by atoms with E-state index in [1.165, 1.54) is 12.1 Å². The van der Waals surface area contributed by atoms with Crippen molar-refractivity contribution < 1.29 is 14.0 Å². The normalized spacial score (nSPS) is 14.3. The fourth-order valence-electron chi connectivity index (χ4n) is 3.04. The molecule has 4 N–H and O–H groups in total. The number of carbonyl (C=O) groups excluding carboxylic acids is 2. The maximum atomic E-state index is 13.7. The third-order valence-corrected chi connectivity index (χ3v) is 4.34. The predicted octanol–water partition coefficient (Wildman–Crippen LogP) is 2.70. The van der Waals surface area contributed by atoms with E-state index in [-0.39, 0.29) is 11.6 Å². The number of fused-ring (bicyclic) bond motifs is 1. The summed E-state index contributed by atoms with van der Waals surface area (Å²) in [4.78, 5) is 26.0. The number of amides is 3. The van der Waals surface area contributed by atoms with Gasteiger partial charge >= 0.3 is 6.03 Å². The Morgan fingerprint density at radius 1 is 1.12 bits per heavy atom. The summed E-state index contributed by atoms with van der Waals surface area (Å²) in [5, 5.41) is 5.27. The second kappa shape index (κ2) is 7.53. The van der Waals surface area contributed by atoms with E-state index in [1.54, 1.807) is 30.0 Å². The number of anilines is 2. The second-order valence-electron chi connectivity index (χ2n) is 6.30. The van der Waals surface area contributed by atoms with Gasteiger partial charge in [0.05, 0.1) is 11.7 Å². The predicted molar refractivity (Wildman–Crippen MR) is 98.3 cm³/mol. The summed E-state index contributed by atoms with van der Waals surface area (Å²) in [6.45, 7) is 2.67. The van der Waals surface area contributed by atoms with Crippen molar-refractivity contribution in [3.63, 3.8) is 0 Å². The Kier molecular flexibility index (Phi) is 5.18. The van der Waals surface area contributed by atoms with Gasteiger partial charge in [-0.2, -0.15) is 0 Å². The number of benzene rings is 2. The first-order valence-electron chi connectivity index (χ1n) is 8.43. The fourth-order valence-corrected chi connectivity index (χ4v) is 3.04. The third-order valence-electron chi connectivity index (χ3n) is 4.34. The number of hydrogen-bond acceptors (Lipinski definition) is 3. The molecule has 136 valence electrons. The van der Waals surface area contributed by atoms with E-state index in [4.69, 9.17) is 5.73 Å². The molecule has 2 aromatic carbocycles. The molecule has 7 heteroatoms. The van der Waals surface area contributed by atoms with Crippen molar-refractivity contribution >= 4 is 23.3 Å². The minimum absolute atomic E-state index is 0.0914. The van der Waals surface area contributed by atoms with E-state index in [0.29, 0.717) is 25.2 Å². The summed E-state index contributed by atoms with van der Waals surface area (Å²) >= 11 is 0. The molecule has 0 fully saturated rings. The van der Waals surface area contributed by atoms with Crippen LogP contribution in [0.25, 0.3) is 0 Å². The minimum Gasteiger partial charge on any atom is -0.337 e. The lowest BCUT2D eigenvalue weighted by molar-refractivity contribution is -0.133. The highest BCUT2D eigenvalue weighted by Gasteiger charge is 2.24. The molecule has 0 saturated heterocycles. The van der Waals surface area contributed by atoms with Crippen molar-refractivity contribution in [1.82, 2.24) is 4.90 Å². The van der Waals surface area contributed by atoms with Crippen molar-refractivity contribution in [2.45, 2.75) is 25.9 Å². The van der Waals surface area contributed by atoms with Gasteiger partial charge < -0.3 is 21.3 Å². The zero-order chi connectivity index (χ0) is 18.7. The Morgan fingerprint density at radius 3 is 2.54 bits per heavy atom. The highest BCUT2D eigenvalue weighted by molar-refractivity contribution is 6.00. The minimum atomic E-state index is -0.538. The van der Waals surface area contributed by atoms with Gasteiger partial charge in [-0.1, -0.05) is 24.3 Å². The zero-order valence-electron chi connectivity index (χ0n) is 14.5. The number of hydrogen-bond donors (Lipinski definition) is 3. The van der Waals surface area contributed by atoms with Crippen molar-refractivity contribution in [3.8, 4) is 0 Å². The highest BCUT2D eigenvalue weighted by Crippen LogP contribution is 2.27. The van der Waals surface area contributed by atoms with Crippen LogP contribution in [0.2, 0.25) is 0 Å². The maximum Gasteiger partial charge on any atom is 0.323 e. The molecular weight excluding hydrogens is 335 g/mol. The van der Waals surface area contributed by atoms with Crippen LogP contribution in [0.5, 0.6) is 0 Å². The molecule has 2 aromatic rings. The molecule has 1 aliphatic rings.